The van der Waals surface area contributed by atoms with E-state index >= 15 is 0 Å². The lowest BCUT2D eigenvalue weighted by atomic mass is 10.2. The van der Waals surface area contributed by atoms with Crippen LogP contribution in [-0.4, -0.2) is 5.97 Å². The van der Waals surface area contributed by atoms with E-state index in [4.69, 9.17) is 4.74 Å². The average molecular weight is 284 g/mol. The van der Waals surface area contributed by atoms with Gasteiger partial charge in [0.25, 0.3) is 0 Å². The standard InChI is InChI=1S/C17H16O2S/c1-2-9-16(18)19-17(14-10-5-3-6-11-14)20-15-12-7-4-8-13-15/h2-13,17H,1H3/b9-2+. The Morgan fingerprint density at radius 3 is 2.25 bits per heavy atom. The van der Waals surface area contributed by atoms with Crippen molar-refractivity contribution >= 4 is 17.7 Å². The van der Waals surface area contributed by atoms with E-state index in [0.717, 1.165) is 10.5 Å². The molecule has 0 heterocycles. The van der Waals surface area contributed by atoms with Crippen LogP contribution in [0.2, 0.25) is 0 Å². The number of rotatable bonds is 5. The molecule has 20 heavy (non-hydrogen) atoms. The highest BCUT2D eigenvalue weighted by Gasteiger charge is 2.16. The van der Waals surface area contributed by atoms with Crippen LogP contribution < -0.4 is 0 Å². The Labute approximate surface area is 123 Å². The number of thioether (sulfide) groups is 1. The van der Waals surface area contributed by atoms with E-state index in [1.807, 2.05) is 60.7 Å². The van der Waals surface area contributed by atoms with Crippen LogP contribution in [-0.2, 0) is 9.53 Å². The normalized spacial score (nSPS) is 12.2. The van der Waals surface area contributed by atoms with Crippen molar-refractivity contribution in [3.05, 3.63) is 78.4 Å². The first kappa shape index (κ1) is 14.4. The van der Waals surface area contributed by atoms with E-state index in [1.165, 1.54) is 17.8 Å². The first-order valence-electron chi connectivity index (χ1n) is 6.39. The summed E-state index contributed by atoms with van der Waals surface area (Å²) in [5.74, 6) is -0.329. The smallest absolute Gasteiger partial charge is 0.331 e. The Balaban J connectivity index is 2.18. The van der Waals surface area contributed by atoms with Crippen LogP contribution in [0.25, 0.3) is 0 Å². The summed E-state index contributed by atoms with van der Waals surface area (Å²) in [6, 6.07) is 19.7. The molecule has 0 amide bonds. The average Bonchev–Trinajstić information content (AvgIpc) is 2.49. The molecule has 2 aromatic carbocycles. The Hall–Kier alpha value is -2.00. The van der Waals surface area contributed by atoms with E-state index in [9.17, 15) is 4.79 Å². The molecule has 2 aromatic rings. The summed E-state index contributed by atoms with van der Waals surface area (Å²) in [7, 11) is 0. The third-order valence-corrected chi connectivity index (χ3v) is 3.71. The van der Waals surface area contributed by atoms with E-state index in [0.29, 0.717) is 0 Å². The highest BCUT2D eigenvalue weighted by atomic mass is 32.2. The molecule has 2 rings (SSSR count). The van der Waals surface area contributed by atoms with Gasteiger partial charge in [-0.05, 0) is 19.1 Å². The summed E-state index contributed by atoms with van der Waals surface area (Å²) < 4.78 is 5.52. The summed E-state index contributed by atoms with van der Waals surface area (Å²) in [5, 5.41) is 0. The molecule has 0 spiro atoms. The number of ether oxygens (including phenoxy) is 1. The minimum Gasteiger partial charge on any atom is -0.443 e. The molecule has 2 nitrogen and oxygen atoms in total. The van der Waals surface area contributed by atoms with Crippen LogP contribution in [0, 0.1) is 0 Å². The van der Waals surface area contributed by atoms with Crippen LogP contribution in [0.3, 0.4) is 0 Å². The number of hydrogen-bond acceptors (Lipinski definition) is 3. The lowest BCUT2D eigenvalue weighted by Crippen LogP contribution is -2.06. The molecule has 3 heteroatoms. The molecule has 0 N–H and O–H groups in total. The number of hydrogen-bond donors (Lipinski definition) is 0. The molecule has 0 bridgehead atoms. The van der Waals surface area contributed by atoms with E-state index < -0.39 is 0 Å². The van der Waals surface area contributed by atoms with E-state index in [2.05, 4.69) is 0 Å². The molecule has 0 aromatic heterocycles. The van der Waals surface area contributed by atoms with Crippen LogP contribution >= 0.6 is 11.8 Å². The monoisotopic (exact) mass is 284 g/mol. The fourth-order valence-corrected chi connectivity index (χ4v) is 2.67. The first-order chi connectivity index (χ1) is 9.79. The van der Waals surface area contributed by atoms with Crippen molar-refractivity contribution in [1.29, 1.82) is 0 Å². The number of esters is 1. The second-order valence-electron chi connectivity index (χ2n) is 4.11. The predicted octanol–water partition coefficient (Wildman–Crippen LogP) is 4.60. The Kier molecular flexibility index (Phi) is 5.44. The molecule has 1 atom stereocenters. The fraction of sp³-hybridized carbons (Fsp3) is 0.118. The summed E-state index contributed by atoms with van der Waals surface area (Å²) in [6.07, 6.45) is 3.11. The summed E-state index contributed by atoms with van der Waals surface area (Å²) in [5.41, 5.74) is 0.626. The molecular formula is C17H16O2S. The molecule has 0 aliphatic heterocycles. The van der Waals surface area contributed by atoms with Crippen LogP contribution in [0.5, 0.6) is 0 Å². The van der Waals surface area contributed by atoms with Gasteiger partial charge in [0.1, 0.15) is 0 Å². The quantitative estimate of drug-likeness (QED) is 0.347. The van der Waals surface area contributed by atoms with Gasteiger partial charge in [0.15, 0.2) is 5.44 Å². The van der Waals surface area contributed by atoms with Gasteiger partial charge in [-0.1, -0.05) is 66.4 Å². The van der Waals surface area contributed by atoms with E-state index in [-0.39, 0.29) is 11.4 Å². The van der Waals surface area contributed by atoms with Gasteiger partial charge in [0.2, 0.25) is 0 Å². The molecule has 0 fully saturated rings. The summed E-state index contributed by atoms with van der Waals surface area (Å²) in [6.45, 7) is 1.79. The van der Waals surface area contributed by atoms with Crippen molar-refractivity contribution in [3.8, 4) is 0 Å². The zero-order valence-corrected chi connectivity index (χ0v) is 12.0. The van der Waals surface area contributed by atoms with Gasteiger partial charge in [0, 0.05) is 16.5 Å². The highest BCUT2D eigenvalue weighted by molar-refractivity contribution is 7.99. The molecular weight excluding hydrogens is 268 g/mol. The summed E-state index contributed by atoms with van der Waals surface area (Å²) in [4.78, 5) is 12.8. The zero-order valence-electron chi connectivity index (χ0n) is 11.2. The van der Waals surface area contributed by atoms with Gasteiger partial charge < -0.3 is 4.74 Å². The van der Waals surface area contributed by atoms with Crippen molar-refractivity contribution in [2.45, 2.75) is 17.3 Å². The van der Waals surface area contributed by atoms with Crippen molar-refractivity contribution in [1.82, 2.24) is 0 Å². The molecule has 0 saturated heterocycles. The number of benzene rings is 2. The lowest BCUT2D eigenvalue weighted by molar-refractivity contribution is -0.139. The van der Waals surface area contributed by atoms with Crippen molar-refractivity contribution in [2.24, 2.45) is 0 Å². The SMILES string of the molecule is C/C=C/C(=O)OC(Sc1ccccc1)c1ccccc1. The second kappa shape index (κ2) is 7.56. The third-order valence-electron chi connectivity index (χ3n) is 2.58. The number of carbonyl (C=O) groups excluding carboxylic acids is 1. The van der Waals surface area contributed by atoms with Crippen molar-refractivity contribution < 1.29 is 9.53 Å². The molecule has 102 valence electrons. The van der Waals surface area contributed by atoms with Gasteiger partial charge in [-0.2, -0.15) is 0 Å². The maximum absolute atomic E-state index is 11.7. The van der Waals surface area contributed by atoms with Crippen LogP contribution in [0.1, 0.15) is 17.9 Å². The fourth-order valence-electron chi connectivity index (χ4n) is 1.67. The predicted molar refractivity (Wildman–Crippen MR) is 82.4 cm³/mol. The topological polar surface area (TPSA) is 26.3 Å². The second-order valence-corrected chi connectivity index (χ2v) is 5.25. The minimum atomic E-state index is -0.345. The Bertz CT molecular complexity index is 564. The Morgan fingerprint density at radius 2 is 1.65 bits per heavy atom. The third kappa shape index (κ3) is 4.28. The van der Waals surface area contributed by atoms with Gasteiger partial charge in [-0.15, -0.1) is 0 Å². The van der Waals surface area contributed by atoms with Gasteiger partial charge in [-0.3, -0.25) is 0 Å². The molecule has 1 unspecified atom stereocenters. The molecule has 0 saturated carbocycles. The maximum Gasteiger partial charge on any atom is 0.331 e. The van der Waals surface area contributed by atoms with Crippen molar-refractivity contribution in [3.63, 3.8) is 0 Å². The molecule has 0 radical (unpaired) electrons. The van der Waals surface area contributed by atoms with Crippen LogP contribution in [0.15, 0.2) is 77.7 Å². The maximum atomic E-state index is 11.7. The number of carbonyl (C=O) groups is 1. The lowest BCUT2D eigenvalue weighted by Gasteiger charge is -2.17. The van der Waals surface area contributed by atoms with Gasteiger partial charge in [-0.25, -0.2) is 4.79 Å². The van der Waals surface area contributed by atoms with Crippen LogP contribution in [0.4, 0.5) is 0 Å². The zero-order chi connectivity index (χ0) is 14.2. The van der Waals surface area contributed by atoms with Gasteiger partial charge in [0.05, 0.1) is 0 Å². The molecule has 0 aliphatic carbocycles. The minimum absolute atomic E-state index is 0.329. The first-order valence-corrected chi connectivity index (χ1v) is 7.27. The Morgan fingerprint density at radius 1 is 1.05 bits per heavy atom. The highest BCUT2D eigenvalue weighted by Crippen LogP contribution is 2.36. The van der Waals surface area contributed by atoms with Gasteiger partial charge >= 0.3 is 5.97 Å². The summed E-state index contributed by atoms with van der Waals surface area (Å²) >= 11 is 1.52. The largest absolute Gasteiger partial charge is 0.443 e. The van der Waals surface area contributed by atoms with E-state index in [1.54, 1.807) is 13.0 Å². The molecule has 0 aliphatic rings. The van der Waals surface area contributed by atoms with Crippen molar-refractivity contribution in [2.75, 3.05) is 0 Å². The number of allylic oxidation sites excluding steroid dienone is 1.